The van der Waals surface area contributed by atoms with E-state index in [-0.39, 0.29) is 11.4 Å². The van der Waals surface area contributed by atoms with Crippen LogP contribution in [0.2, 0.25) is 0 Å². The maximum Gasteiger partial charge on any atom is 0.311 e. The van der Waals surface area contributed by atoms with Gasteiger partial charge in [0.1, 0.15) is 0 Å². The zero-order valence-corrected chi connectivity index (χ0v) is 10.7. The Hall–Kier alpha value is -1.06. The minimum absolute atomic E-state index is 0.351. The third-order valence-corrected chi connectivity index (χ3v) is 2.75. The number of likely N-dealkylation sites (tertiary alicyclic amines) is 1. The Balaban J connectivity index is 2.48. The number of carbonyl (C=O) groups is 2. The van der Waals surface area contributed by atoms with E-state index in [1.165, 1.54) is 0 Å². The standard InChI is InChI=1S/C12H22N2O2/c1-9-5-7-14(8-6-9)11(16)10(15)13-12(2,3)4/h9H,5-8H2,1-4H3,(H,13,15). The molecule has 0 spiro atoms. The fourth-order valence-electron chi connectivity index (χ4n) is 1.75. The Bertz CT molecular complexity index is 273. The molecular weight excluding hydrogens is 204 g/mol. The van der Waals surface area contributed by atoms with Crippen molar-refractivity contribution in [1.29, 1.82) is 0 Å². The molecule has 1 aliphatic heterocycles. The van der Waals surface area contributed by atoms with Gasteiger partial charge in [0.15, 0.2) is 0 Å². The molecule has 0 radical (unpaired) electrons. The van der Waals surface area contributed by atoms with Crippen LogP contribution in [-0.2, 0) is 9.59 Å². The molecule has 0 aromatic carbocycles. The molecule has 4 heteroatoms. The van der Waals surface area contributed by atoms with Gasteiger partial charge in [0, 0.05) is 18.6 Å². The number of rotatable bonds is 0. The van der Waals surface area contributed by atoms with Gasteiger partial charge in [-0.25, -0.2) is 0 Å². The van der Waals surface area contributed by atoms with E-state index < -0.39 is 5.91 Å². The molecule has 92 valence electrons. The Labute approximate surface area is 97.4 Å². The second-order valence-corrected chi connectivity index (χ2v) is 5.68. The molecule has 1 saturated heterocycles. The van der Waals surface area contributed by atoms with Crippen LogP contribution in [-0.4, -0.2) is 35.3 Å². The van der Waals surface area contributed by atoms with Crippen LogP contribution >= 0.6 is 0 Å². The summed E-state index contributed by atoms with van der Waals surface area (Å²) in [7, 11) is 0. The molecule has 1 fully saturated rings. The molecule has 0 atom stereocenters. The first-order chi connectivity index (χ1) is 7.29. The van der Waals surface area contributed by atoms with Crippen LogP contribution < -0.4 is 5.32 Å². The molecule has 16 heavy (non-hydrogen) atoms. The summed E-state index contributed by atoms with van der Waals surface area (Å²) in [6.45, 7) is 9.20. The second-order valence-electron chi connectivity index (χ2n) is 5.68. The first kappa shape index (κ1) is 13.0. The quantitative estimate of drug-likeness (QED) is 0.630. The van der Waals surface area contributed by atoms with E-state index in [1.807, 2.05) is 20.8 Å². The third-order valence-electron chi connectivity index (χ3n) is 2.75. The van der Waals surface area contributed by atoms with Gasteiger partial charge >= 0.3 is 11.8 Å². The molecule has 0 bridgehead atoms. The van der Waals surface area contributed by atoms with Gasteiger partial charge < -0.3 is 10.2 Å². The molecule has 2 amide bonds. The fourth-order valence-corrected chi connectivity index (χ4v) is 1.75. The number of hydrogen-bond donors (Lipinski definition) is 1. The average Bonchev–Trinajstić information content (AvgIpc) is 2.15. The van der Waals surface area contributed by atoms with E-state index in [2.05, 4.69) is 12.2 Å². The van der Waals surface area contributed by atoms with Crippen LogP contribution in [0, 0.1) is 5.92 Å². The van der Waals surface area contributed by atoms with Crippen LogP contribution in [0.5, 0.6) is 0 Å². The smallest absolute Gasteiger partial charge is 0.311 e. The van der Waals surface area contributed by atoms with Crippen molar-refractivity contribution in [3.63, 3.8) is 0 Å². The van der Waals surface area contributed by atoms with Crippen LogP contribution in [0.15, 0.2) is 0 Å². The lowest BCUT2D eigenvalue weighted by Crippen LogP contribution is -2.51. The lowest BCUT2D eigenvalue weighted by atomic mass is 9.99. The van der Waals surface area contributed by atoms with Crippen molar-refractivity contribution in [2.45, 2.75) is 46.1 Å². The third kappa shape index (κ3) is 3.83. The maximum absolute atomic E-state index is 11.8. The average molecular weight is 226 g/mol. The van der Waals surface area contributed by atoms with Gasteiger partial charge in [-0.2, -0.15) is 0 Å². The molecule has 4 nitrogen and oxygen atoms in total. The van der Waals surface area contributed by atoms with Crippen molar-refractivity contribution in [1.82, 2.24) is 10.2 Å². The Morgan fingerprint density at radius 3 is 2.12 bits per heavy atom. The first-order valence-electron chi connectivity index (χ1n) is 5.91. The lowest BCUT2D eigenvalue weighted by Gasteiger charge is -2.30. The second kappa shape index (κ2) is 4.85. The van der Waals surface area contributed by atoms with Crippen LogP contribution in [0.3, 0.4) is 0 Å². The monoisotopic (exact) mass is 226 g/mol. The van der Waals surface area contributed by atoms with E-state index in [1.54, 1.807) is 4.90 Å². The van der Waals surface area contributed by atoms with Gasteiger partial charge in [0.2, 0.25) is 0 Å². The van der Waals surface area contributed by atoms with E-state index in [4.69, 9.17) is 0 Å². The van der Waals surface area contributed by atoms with E-state index in [0.29, 0.717) is 19.0 Å². The normalized spacial score (nSPS) is 18.4. The number of carbonyl (C=O) groups excluding carboxylic acids is 2. The van der Waals surface area contributed by atoms with Gasteiger partial charge in [0.05, 0.1) is 0 Å². The molecule has 0 aromatic heterocycles. The molecule has 0 unspecified atom stereocenters. The summed E-state index contributed by atoms with van der Waals surface area (Å²) >= 11 is 0. The number of nitrogens with zero attached hydrogens (tertiary/aromatic N) is 1. The predicted molar refractivity (Wildman–Crippen MR) is 62.9 cm³/mol. The lowest BCUT2D eigenvalue weighted by molar-refractivity contribution is -0.147. The summed E-state index contributed by atoms with van der Waals surface area (Å²) in [5.74, 6) is -0.210. The Morgan fingerprint density at radius 2 is 1.69 bits per heavy atom. The van der Waals surface area contributed by atoms with Crippen molar-refractivity contribution in [3.8, 4) is 0 Å². The number of nitrogens with one attached hydrogen (secondary N) is 1. The Kier molecular flexibility index (Phi) is 3.94. The van der Waals surface area contributed by atoms with Crippen LogP contribution in [0.4, 0.5) is 0 Å². The molecule has 1 heterocycles. The van der Waals surface area contributed by atoms with Crippen molar-refractivity contribution in [2.75, 3.05) is 13.1 Å². The van der Waals surface area contributed by atoms with Crippen LogP contribution in [0.1, 0.15) is 40.5 Å². The van der Waals surface area contributed by atoms with Crippen molar-refractivity contribution < 1.29 is 9.59 Å². The largest absolute Gasteiger partial charge is 0.343 e. The van der Waals surface area contributed by atoms with Gasteiger partial charge in [-0.1, -0.05) is 6.92 Å². The van der Waals surface area contributed by atoms with Crippen molar-refractivity contribution in [2.24, 2.45) is 5.92 Å². The first-order valence-corrected chi connectivity index (χ1v) is 5.91. The molecule has 0 aliphatic carbocycles. The van der Waals surface area contributed by atoms with Crippen molar-refractivity contribution >= 4 is 11.8 Å². The highest BCUT2D eigenvalue weighted by Crippen LogP contribution is 2.16. The van der Waals surface area contributed by atoms with E-state index >= 15 is 0 Å². The fraction of sp³-hybridized carbons (Fsp3) is 0.833. The summed E-state index contributed by atoms with van der Waals surface area (Å²) in [5, 5.41) is 2.70. The molecule has 1 N–H and O–H groups in total. The van der Waals surface area contributed by atoms with E-state index in [9.17, 15) is 9.59 Å². The van der Waals surface area contributed by atoms with Gasteiger partial charge in [-0.3, -0.25) is 9.59 Å². The van der Waals surface area contributed by atoms with Crippen LogP contribution in [0.25, 0.3) is 0 Å². The zero-order chi connectivity index (χ0) is 12.3. The van der Waals surface area contributed by atoms with E-state index in [0.717, 1.165) is 12.8 Å². The SMILES string of the molecule is CC1CCN(C(=O)C(=O)NC(C)(C)C)CC1. The maximum atomic E-state index is 11.8. The molecule has 0 saturated carbocycles. The highest BCUT2D eigenvalue weighted by atomic mass is 16.2. The molecule has 0 aromatic rings. The summed E-state index contributed by atoms with van der Waals surface area (Å²) in [6, 6.07) is 0. The molecule has 1 aliphatic rings. The summed E-state index contributed by atoms with van der Waals surface area (Å²) in [4.78, 5) is 25.1. The van der Waals surface area contributed by atoms with Gasteiger partial charge in [0.25, 0.3) is 0 Å². The van der Waals surface area contributed by atoms with Gasteiger partial charge in [-0.05, 0) is 39.5 Å². The Morgan fingerprint density at radius 1 is 1.19 bits per heavy atom. The highest BCUT2D eigenvalue weighted by Gasteiger charge is 2.27. The summed E-state index contributed by atoms with van der Waals surface area (Å²) in [6.07, 6.45) is 1.99. The highest BCUT2D eigenvalue weighted by molar-refractivity contribution is 6.35. The molecular formula is C12H22N2O2. The molecule has 1 rings (SSSR count). The predicted octanol–water partition coefficient (Wildman–Crippen LogP) is 1.16. The topological polar surface area (TPSA) is 49.4 Å². The van der Waals surface area contributed by atoms with Gasteiger partial charge in [-0.15, -0.1) is 0 Å². The minimum atomic E-state index is -0.484. The zero-order valence-electron chi connectivity index (χ0n) is 10.7. The van der Waals surface area contributed by atoms with Crippen molar-refractivity contribution in [3.05, 3.63) is 0 Å². The number of hydrogen-bond acceptors (Lipinski definition) is 2. The summed E-state index contributed by atoms with van der Waals surface area (Å²) < 4.78 is 0. The number of amides is 2. The number of piperidine rings is 1. The minimum Gasteiger partial charge on any atom is -0.343 e. The summed E-state index contributed by atoms with van der Waals surface area (Å²) in [5.41, 5.74) is -0.351.